The number of aryl methyl sites for hydroxylation is 1. The molecule has 3 aromatic rings. The van der Waals surface area contributed by atoms with Crippen LogP contribution in [-0.2, 0) is 4.74 Å². The van der Waals surface area contributed by atoms with Crippen molar-refractivity contribution < 1.29 is 42.8 Å². The van der Waals surface area contributed by atoms with Crippen LogP contribution in [0.5, 0.6) is 0 Å². The zero-order valence-electron chi connectivity index (χ0n) is 17.8. The van der Waals surface area contributed by atoms with E-state index in [9.17, 15) is 9.59 Å². The minimum absolute atomic E-state index is 0. The van der Waals surface area contributed by atoms with E-state index in [0.29, 0.717) is 42.3 Å². The number of quaternary nitrogens is 1. The van der Waals surface area contributed by atoms with Gasteiger partial charge in [-0.05, 0) is 19.4 Å². The van der Waals surface area contributed by atoms with E-state index in [1.54, 1.807) is 6.20 Å². The summed E-state index contributed by atoms with van der Waals surface area (Å²) in [6, 6.07) is 7.65. The minimum atomic E-state index is -0.154. The fraction of sp³-hybridized carbons (Fsp3) is 0.409. The SMILES string of the molecule is Cc1sc(C(=O)c2c[nH]c3ccccc23)nc1C(=O)CCCOCC[N+](C)(C)C.[I-]. The predicted molar refractivity (Wildman–Crippen MR) is 116 cm³/mol. The van der Waals surface area contributed by atoms with Gasteiger partial charge >= 0.3 is 0 Å². The molecule has 0 fully saturated rings. The number of hydrogen-bond donors (Lipinski definition) is 1. The number of aromatic amines is 1. The molecule has 2 heterocycles. The van der Waals surface area contributed by atoms with Crippen molar-refractivity contribution in [3.8, 4) is 0 Å². The van der Waals surface area contributed by atoms with Gasteiger partial charge in [-0.2, -0.15) is 0 Å². The molecule has 1 aromatic carbocycles. The highest BCUT2D eigenvalue weighted by atomic mass is 127. The van der Waals surface area contributed by atoms with Gasteiger partial charge in [0.2, 0.25) is 5.78 Å². The molecule has 0 spiro atoms. The summed E-state index contributed by atoms with van der Waals surface area (Å²) in [4.78, 5) is 33.8. The van der Waals surface area contributed by atoms with E-state index < -0.39 is 0 Å². The maximum Gasteiger partial charge on any atom is 0.223 e. The number of ether oxygens (including phenoxy) is 1. The molecule has 0 aliphatic heterocycles. The van der Waals surface area contributed by atoms with Crippen molar-refractivity contribution in [2.75, 3.05) is 40.9 Å². The first kappa shape index (κ1) is 24.6. The molecular formula is C22H28IN3O3S. The van der Waals surface area contributed by atoms with Crippen LogP contribution >= 0.6 is 11.3 Å². The van der Waals surface area contributed by atoms with E-state index in [1.165, 1.54) is 11.3 Å². The van der Waals surface area contributed by atoms with E-state index in [4.69, 9.17) is 4.74 Å². The van der Waals surface area contributed by atoms with Gasteiger partial charge in [0.15, 0.2) is 10.8 Å². The van der Waals surface area contributed by atoms with E-state index in [2.05, 4.69) is 31.1 Å². The second kappa shape index (κ2) is 10.6. The van der Waals surface area contributed by atoms with Gasteiger partial charge in [0.1, 0.15) is 12.2 Å². The number of Topliss-reactive ketones (excluding diaryl/α,β-unsaturated/α-hetero) is 1. The maximum absolute atomic E-state index is 12.9. The molecule has 8 heteroatoms. The normalized spacial score (nSPS) is 11.5. The molecule has 0 bridgehead atoms. The Morgan fingerprint density at radius 3 is 2.63 bits per heavy atom. The summed E-state index contributed by atoms with van der Waals surface area (Å²) >= 11 is 1.28. The monoisotopic (exact) mass is 541 g/mol. The third-order valence-electron chi connectivity index (χ3n) is 4.69. The van der Waals surface area contributed by atoms with Gasteiger partial charge in [0.25, 0.3) is 0 Å². The van der Waals surface area contributed by atoms with E-state index in [-0.39, 0.29) is 35.5 Å². The lowest BCUT2D eigenvalue weighted by Crippen LogP contribution is -3.00. The summed E-state index contributed by atoms with van der Waals surface area (Å²) in [6.45, 7) is 4.00. The Balaban J connectivity index is 0.00000320. The number of likely N-dealkylation sites (N-methyl/N-ethyl adjacent to an activating group) is 1. The van der Waals surface area contributed by atoms with Crippen LogP contribution in [0.15, 0.2) is 30.5 Å². The number of carbonyl (C=O) groups is 2. The summed E-state index contributed by atoms with van der Waals surface area (Å²) in [5.74, 6) is -0.190. The summed E-state index contributed by atoms with van der Waals surface area (Å²) in [7, 11) is 6.35. The van der Waals surface area contributed by atoms with Gasteiger partial charge in [0, 0.05) is 35.0 Å². The molecule has 1 N–H and O–H groups in total. The molecule has 3 rings (SSSR count). The van der Waals surface area contributed by atoms with Crippen LogP contribution in [0.1, 0.15) is 43.6 Å². The van der Waals surface area contributed by atoms with Gasteiger partial charge in [-0.1, -0.05) is 18.2 Å². The largest absolute Gasteiger partial charge is 1.00 e. The number of fused-ring (bicyclic) bond motifs is 1. The highest BCUT2D eigenvalue weighted by Gasteiger charge is 2.22. The van der Waals surface area contributed by atoms with Crippen molar-refractivity contribution in [2.45, 2.75) is 19.8 Å². The number of thiazole rings is 1. The number of para-hydroxylation sites is 1. The average molecular weight is 541 g/mol. The van der Waals surface area contributed by atoms with Crippen LogP contribution < -0.4 is 24.0 Å². The minimum Gasteiger partial charge on any atom is -1.00 e. The second-order valence-corrected chi connectivity index (χ2v) is 9.36. The Bertz CT molecular complexity index is 1020. The Hall–Kier alpha value is -1.62. The molecule has 0 unspecified atom stereocenters. The number of hydrogen-bond acceptors (Lipinski definition) is 5. The van der Waals surface area contributed by atoms with Crippen LogP contribution in [0.25, 0.3) is 10.9 Å². The first-order valence-corrected chi connectivity index (χ1v) is 10.6. The third-order valence-corrected chi connectivity index (χ3v) is 5.66. The van der Waals surface area contributed by atoms with Crippen LogP contribution in [-0.4, -0.2) is 66.9 Å². The summed E-state index contributed by atoms with van der Waals surface area (Å²) in [5, 5.41) is 1.22. The molecule has 0 aliphatic rings. The summed E-state index contributed by atoms with van der Waals surface area (Å²) in [5.41, 5.74) is 1.90. The first-order chi connectivity index (χ1) is 13.8. The molecular weight excluding hydrogens is 513 g/mol. The molecule has 162 valence electrons. The zero-order chi connectivity index (χ0) is 21.0. The Kier molecular flexibility index (Phi) is 8.72. The lowest BCUT2D eigenvalue weighted by molar-refractivity contribution is -0.870. The van der Waals surface area contributed by atoms with Gasteiger partial charge in [-0.15, -0.1) is 11.3 Å². The molecule has 0 saturated carbocycles. The van der Waals surface area contributed by atoms with E-state index >= 15 is 0 Å². The van der Waals surface area contributed by atoms with E-state index in [0.717, 1.165) is 26.8 Å². The lowest BCUT2D eigenvalue weighted by atomic mass is 10.1. The number of nitrogens with zero attached hydrogens (tertiary/aromatic N) is 2. The molecule has 0 atom stereocenters. The van der Waals surface area contributed by atoms with Gasteiger partial charge in [-0.25, -0.2) is 4.98 Å². The molecule has 30 heavy (non-hydrogen) atoms. The highest BCUT2D eigenvalue weighted by Crippen LogP contribution is 2.25. The fourth-order valence-electron chi connectivity index (χ4n) is 3.02. The Morgan fingerprint density at radius 2 is 1.90 bits per heavy atom. The standard InChI is InChI=1S/C22H27N3O3S.HI/c1-15-20(19(26)10-7-12-28-13-11-25(2,3)4)24-22(29-15)21(27)17-14-23-18-9-6-5-8-16(17)18;/h5-6,8-9,14H,7,10-13H2,1-4H3;1H. The van der Waals surface area contributed by atoms with Crippen molar-refractivity contribution in [1.29, 1.82) is 0 Å². The summed E-state index contributed by atoms with van der Waals surface area (Å²) in [6.07, 6.45) is 2.73. The summed E-state index contributed by atoms with van der Waals surface area (Å²) < 4.78 is 6.47. The van der Waals surface area contributed by atoms with Crippen LogP contribution in [0.2, 0.25) is 0 Å². The van der Waals surface area contributed by atoms with Crippen molar-refractivity contribution in [2.24, 2.45) is 0 Å². The van der Waals surface area contributed by atoms with E-state index in [1.807, 2.05) is 31.2 Å². The molecule has 0 radical (unpaired) electrons. The lowest BCUT2D eigenvalue weighted by Gasteiger charge is -2.23. The van der Waals surface area contributed by atoms with Gasteiger partial charge < -0.3 is 38.2 Å². The molecule has 0 amide bonds. The topological polar surface area (TPSA) is 72.0 Å². The quantitative estimate of drug-likeness (QED) is 0.179. The number of nitrogens with one attached hydrogen (secondary N) is 1. The van der Waals surface area contributed by atoms with Crippen LogP contribution in [0.4, 0.5) is 0 Å². The molecule has 0 saturated heterocycles. The number of benzene rings is 1. The Labute approximate surface area is 198 Å². The van der Waals surface area contributed by atoms with Gasteiger partial charge in [0.05, 0.1) is 33.3 Å². The number of ketones is 2. The first-order valence-electron chi connectivity index (χ1n) is 9.76. The number of aromatic nitrogens is 2. The number of halogens is 1. The third kappa shape index (κ3) is 6.19. The zero-order valence-corrected chi connectivity index (χ0v) is 20.8. The number of carbonyl (C=O) groups excluding carboxylic acids is 2. The number of rotatable bonds is 10. The van der Waals surface area contributed by atoms with Crippen molar-refractivity contribution in [3.63, 3.8) is 0 Å². The van der Waals surface area contributed by atoms with Crippen molar-refractivity contribution in [3.05, 3.63) is 51.6 Å². The van der Waals surface area contributed by atoms with Crippen molar-refractivity contribution in [1.82, 2.24) is 9.97 Å². The molecule has 0 aliphatic carbocycles. The number of H-pyrrole nitrogens is 1. The Morgan fingerprint density at radius 1 is 1.17 bits per heavy atom. The highest BCUT2D eigenvalue weighted by molar-refractivity contribution is 7.14. The van der Waals surface area contributed by atoms with Crippen LogP contribution in [0.3, 0.4) is 0 Å². The molecule has 2 aromatic heterocycles. The van der Waals surface area contributed by atoms with Crippen molar-refractivity contribution >= 4 is 33.8 Å². The second-order valence-electron chi connectivity index (χ2n) is 8.15. The maximum atomic E-state index is 12.9. The van der Waals surface area contributed by atoms with Crippen LogP contribution in [0, 0.1) is 6.92 Å². The van der Waals surface area contributed by atoms with Gasteiger partial charge in [-0.3, -0.25) is 9.59 Å². The predicted octanol–water partition coefficient (Wildman–Crippen LogP) is 0.854. The fourth-order valence-corrected chi connectivity index (χ4v) is 3.91. The smallest absolute Gasteiger partial charge is 0.223 e. The molecule has 6 nitrogen and oxygen atoms in total. The average Bonchev–Trinajstić information content (AvgIpc) is 3.26.